The molecule has 0 bridgehead atoms. The van der Waals surface area contributed by atoms with Crippen molar-refractivity contribution < 1.29 is 13.9 Å². The number of carbonyl (C=O) groups excluding carboxylic acids is 1. The number of benzene rings is 1. The van der Waals surface area contributed by atoms with Gasteiger partial charge < -0.3 is 14.1 Å². The first-order chi connectivity index (χ1) is 14.7. The second kappa shape index (κ2) is 10.4. The summed E-state index contributed by atoms with van der Waals surface area (Å²) in [5.41, 5.74) is 1.10. The number of aromatic nitrogens is 4. The molecule has 0 saturated carbocycles. The molecular formula is C21H27ClN6O3. The van der Waals surface area contributed by atoms with Gasteiger partial charge >= 0.3 is 0 Å². The van der Waals surface area contributed by atoms with Crippen molar-refractivity contribution in [2.24, 2.45) is 0 Å². The maximum absolute atomic E-state index is 12.5. The van der Waals surface area contributed by atoms with Crippen LogP contribution in [0.5, 0.6) is 5.75 Å². The summed E-state index contributed by atoms with van der Waals surface area (Å²) in [6.07, 6.45) is 2.41. The minimum absolute atomic E-state index is 0. The van der Waals surface area contributed by atoms with Gasteiger partial charge in [0.05, 0.1) is 26.0 Å². The Morgan fingerprint density at radius 3 is 2.52 bits per heavy atom. The molecule has 2 aromatic heterocycles. The highest BCUT2D eigenvalue weighted by atomic mass is 35.5. The number of methoxy groups -OCH3 is 1. The van der Waals surface area contributed by atoms with Gasteiger partial charge in [-0.3, -0.25) is 9.69 Å². The molecule has 1 aromatic carbocycles. The van der Waals surface area contributed by atoms with E-state index in [0.717, 1.165) is 36.6 Å². The molecule has 0 radical (unpaired) electrons. The molecule has 1 amide bonds. The number of rotatable bonds is 7. The maximum Gasteiger partial charge on any atom is 0.289 e. The fraction of sp³-hybridized carbons (Fsp3) is 0.429. The van der Waals surface area contributed by atoms with E-state index in [9.17, 15) is 4.79 Å². The van der Waals surface area contributed by atoms with E-state index in [4.69, 9.17) is 9.15 Å². The highest BCUT2D eigenvalue weighted by Gasteiger charge is 2.30. The number of hydrogen-bond acceptors (Lipinski definition) is 7. The minimum atomic E-state index is -0.0583. The summed E-state index contributed by atoms with van der Waals surface area (Å²) in [5.74, 6) is 2.00. The second-order valence-corrected chi connectivity index (χ2v) is 7.27. The lowest BCUT2D eigenvalue weighted by Gasteiger charge is -2.38. The molecule has 166 valence electrons. The van der Waals surface area contributed by atoms with Gasteiger partial charge in [-0.05, 0) is 46.7 Å². The van der Waals surface area contributed by atoms with E-state index in [0.29, 0.717) is 25.4 Å². The van der Waals surface area contributed by atoms with Gasteiger partial charge in [0.1, 0.15) is 5.75 Å². The van der Waals surface area contributed by atoms with Crippen molar-refractivity contribution in [2.45, 2.75) is 25.9 Å². The van der Waals surface area contributed by atoms with Crippen molar-refractivity contribution in [3.8, 4) is 5.75 Å². The quantitative estimate of drug-likeness (QED) is 0.551. The normalized spacial score (nSPS) is 15.4. The molecule has 1 unspecified atom stereocenters. The van der Waals surface area contributed by atoms with Crippen LogP contribution in [0, 0.1) is 0 Å². The molecule has 31 heavy (non-hydrogen) atoms. The predicted octanol–water partition coefficient (Wildman–Crippen LogP) is 2.65. The Hall–Kier alpha value is -2.91. The number of furan rings is 1. The summed E-state index contributed by atoms with van der Waals surface area (Å²) in [6.45, 7) is 5.56. The number of piperazine rings is 1. The molecule has 1 fully saturated rings. The first-order valence-corrected chi connectivity index (χ1v) is 10.2. The van der Waals surface area contributed by atoms with Gasteiger partial charge in [0.25, 0.3) is 5.91 Å². The SMILES string of the molecule is CCC(c1nnnn1Cc1ccc(OC)cc1)N1CCN(C(=O)c2ccco2)CC1.Cl. The summed E-state index contributed by atoms with van der Waals surface area (Å²) in [4.78, 5) is 16.7. The van der Waals surface area contributed by atoms with Crippen molar-refractivity contribution in [3.05, 3.63) is 59.8 Å². The molecule has 3 aromatic rings. The van der Waals surface area contributed by atoms with Crippen LogP contribution in [0.15, 0.2) is 47.1 Å². The third-order valence-corrected chi connectivity index (χ3v) is 5.51. The van der Waals surface area contributed by atoms with Gasteiger partial charge in [-0.15, -0.1) is 17.5 Å². The first kappa shape index (κ1) is 22.8. The van der Waals surface area contributed by atoms with Crippen LogP contribution in [0.1, 0.15) is 41.3 Å². The molecular weight excluding hydrogens is 420 g/mol. The van der Waals surface area contributed by atoms with Crippen LogP contribution in [0.25, 0.3) is 0 Å². The number of tetrazole rings is 1. The second-order valence-electron chi connectivity index (χ2n) is 7.27. The topological polar surface area (TPSA) is 89.5 Å². The van der Waals surface area contributed by atoms with E-state index in [1.165, 1.54) is 6.26 Å². The van der Waals surface area contributed by atoms with Crippen molar-refractivity contribution >= 4 is 18.3 Å². The van der Waals surface area contributed by atoms with Crippen LogP contribution in [0.3, 0.4) is 0 Å². The molecule has 1 aliphatic heterocycles. The zero-order valence-corrected chi connectivity index (χ0v) is 18.5. The van der Waals surface area contributed by atoms with Crippen molar-refractivity contribution in [2.75, 3.05) is 33.3 Å². The molecule has 4 rings (SSSR count). The molecule has 1 saturated heterocycles. The van der Waals surface area contributed by atoms with Crippen LogP contribution in [-0.2, 0) is 6.54 Å². The monoisotopic (exact) mass is 446 g/mol. The summed E-state index contributed by atoms with van der Waals surface area (Å²) in [7, 11) is 1.65. The zero-order chi connectivity index (χ0) is 20.9. The third kappa shape index (κ3) is 5.05. The fourth-order valence-electron chi connectivity index (χ4n) is 3.86. The lowest BCUT2D eigenvalue weighted by atomic mass is 10.1. The van der Waals surface area contributed by atoms with E-state index in [1.54, 1.807) is 19.2 Å². The van der Waals surface area contributed by atoms with Crippen molar-refractivity contribution in [3.63, 3.8) is 0 Å². The lowest BCUT2D eigenvalue weighted by molar-refractivity contribution is 0.0521. The number of ether oxygens (including phenoxy) is 1. The third-order valence-electron chi connectivity index (χ3n) is 5.51. The Balaban J connectivity index is 0.00000272. The average molecular weight is 447 g/mol. The first-order valence-electron chi connectivity index (χ1n) is 10.2. The van der Waals surface area contributed by atoms with Crippen LogP contribution in [0.4, 0.5) is 0 Å². The highest BCUT2D eigenvalue weighted by Crippen LogP contribution is 2.24. The van der Waals surface area contributed by atoms with Crippen LogP contribution >= 0.6 is 12.4 Å². The fourth-order valence-corrected chi connectivity index (χ4v) is 3.86. The smallest absolute Gasteiger partial charge is 0.289 e. The van der Waals surface area contributed by atoms with Gasteiger partial charge in [-0.1, -0.05) is 19.1 Å². The largest absolute Gasteiger partial charge is 0.497 e. The van der Waals surface area contributed by atoms with Crippen molar-refractivity contribution in [1.29, 1.82) is 0 Å². The molecule has 9 nitrogen and oxygen atoms in total. The summed E-state index contributed by atoms with van der Waals surface area (Å²) >= 11 is 0. The molecule has 0 aliphatic carbocycles. The Morgan fingerprint density at radius 2 is 1.90 bits per heavy atom. The van der Waals surface area contributed by atoms with Gasteiger partial charge in [0.2, 0.25) is 0 Å². The van der Waals surface area contributed by atoms with Crippen LogP contribution in [-0.4, -0.2) is 69.2 Å². The Labute approximate surface area is 187 Å². The summed E-state index contributed by atoms with van der Waals surface area (Å²) < 4.78 is 12.3. The van der Waals surface area contributed by atoms with E-state index >= 15 is 0 Å². The van der Waals surface area contributed by atoms with Crippen LogP contribution in [0.2, 0.25) is 0 Å². The van der Waals surface area contributed by atoms with Gasteiger partial charge in [-0.25, -0.2) is 4.68 Å². The number of hydrogen-bond donors (Lipinski definition) is 0. The minimum Gasteiger partial charge on any atom is -0.497 e. The van der Waals surface area contributed by atoms with E-state index in [-0.39, 0.29) is 24.4 Å². The zero-order valence-electron chi connectivity index (χ0n) is 17.7. The molecule has 3 heterocycles. The molecule has 1 aliphatic rings. The average Bonchev–Trinajstić information content (AvgIpc) is 3.48. The number of amides is 1. The maximum atomic E-state index is 12.5. The van der Waals surface area contributed by atoms with E-state index < -0.39 is 0 Å². The number of halogens is 1. The number of carbonyl (C=O) groups is 1. The van der Waals surface area contributed by atoms with E-state index in [1.807, 2.05) is 33.8 Å². The summed E-state index contributed by atoms with van der Waals surface area (Å²) in [5, 5.41) is 12.5. The van der Waals surface area contributed by atoms with Crippen molar-refractivity contribution in [1.82, 2.24) is 30.0 Å². The molecule has 0 spiro atoms. The Morgan fingerprint density at radius 1 is 1.16 bits per heavy atom. The Bertz CT molecular complexity index is 952. The molecule has 1 atom stereocenters. The van der Waals surface area contributed by atoms with E-state index in [2.05, 4.69) is 27.3 Å². The molecule has 0 N–H and O–H groups in total. The van der Waals surface area contributed by atoms with Crippen LogP contribution < -0.4 is 4.74 Å². The highest BCUT2D eigenvalue weighted by molar-refractivity contribution is 5.91. The standard InChI is InChI=1S/C21H26N6O3.ClH/c1-3-18(25-10-12-26(13-11-25)21(28)19-5-4-14-30-19)20-22-23-24-27(20)15-16-6-8-17(29-2)9-7-16;/h4-9,14,18H,3,10-13,15H2,1-2H3;1H. The predicted molar refractivity (Wildman–Crippen MR) is 116 cm³/mol. The lowest BCUT2D eigenvalue weighted by Crippen LogP contribution is -2.50. The van der Waals surface area contributed by atoms with Gasteiger partial charge in [-0.2, -0.15) is 0 Å². The molecule has 10 heteroatoms. The van der Waals surface area contributed by atoms with Gasteiger partial charge in [0.15, 0.2) is 11.6 Å². The van der Waals surface area contributed by atoms with Gasteiger partial charge in [0, 0.05) is 26.2 Å². The Kier molecular flexibility index (Phi) is 7.64. The number of nitrogens with zero attached hydrogens (tertiary/aromatic N) is 6. The summed E-state index contributed by atoms with van der Waals surface area (Å²) in [6, 6.07) is 11.4.